The predicted molar refractivity (Wildman–Crippen MR) is 174 cm³/mol. The third-order valence-corrected chi connectivity index (χ3v) is 8.28. The van der Waals surface area contributed by atoms with Crippen LogP contribution in [0.3, 0.4) is 0 Å². The summed E-state index contributed by atoms with van der Waals surface area (Å²) in [5, 5.41) is 0. The van der Waals surface area contributed by atoms with Gasteiger partial charge >= 0.3 is 0 Å². The van der Waals surface area contributed by atoms with Gasteiger partial charge in [0.1, 0.15) is 0 Å². The molecule has 0 aliphatic rings. The fourth-order valence-corrected chi connectivity index (χ4v) is 5.93. The second-order valence-electron chi connectivity index (χ2n) is 11.4. The summed E-state index contributed by atoms with van der Waals surface area (Å²) in [6, 6.07) is 35.5. The highest BCUT2D eigenvalue weighted by atomic mass is 14.5. The quantitative estimate of drug-likeness (QED) is 0.118. The highest BCUT2D eigenvalue weighted by Gasteiger charge is 2.14. The van der Waals surface area contributed by atoms with Crippen LogP contribution in [-0.2, 0) is 12.8 Å². The maximum atomic E-state index is 5.91. The summed E-state index contributed by atoms with van der Waals surface area (Å²) in [5.41, 5.74) is 21.9. The van der Waals surface area contributed by atoms with Crippen LogP contribution in [0.5, 0.6) is 0 Å². The number of benzene rings is 4. The first kappa shape index (κ1) is 29.5. The molecular weight excluding hydrogens is 484 g/mol. The largest absolute Gasteiger partial charge is 0.399 e. The molecule has 0 spiro atoms. The molecule has 2 unspecified atom stereocenters. The molecule has 2 atom stereocenters. The van der Waals surface area contributed by atoms with Crippen molar-refractivity contribution in [2.75, 3.05) is 11.5 Å². The zero-order valence-electron chi connectivity index (χ0n) is 24.6. The predicted octanol–water partition coefficient (Wildman–Crippen LogP) is 10.1. The second-order valence-corrected chi connectivity index (χ2v) is 11.4. The molecule has 0 saturated carbocycles. The van der Waals surface area contributed by atoms with Crippen molar-refractivity contribution in [3.8, 4) is 0 Å². The van der Waals surface area contributed by atoms with Gasteiger partial charge in [0.15, 0.2) is 0 Å². The normalized spacial score (nSPS) is 12.8. The molecule has 0 saturated heterocycles. The molecular formula is C38H48N2. The lowest BCUT2D eigenvalue weighted by Crippen LogP contribution is -2.02. The van der Waals surface area contributed by atoms with E-state index < -0.39 is 0 Å². The first-order chi connectivity index (χ1) is 19.6. The summed E-state index contributed by atoms with van der Waals surface area (Å²) in [7, 11) is 0. The highest BCUT2D eigenvalue weighted by molar-refractivity contribution is 5.44. The topological polar surface area (TPSA) is 52.0 Å². The van der Waals surface area contributed by atoms with Gasteiger partial charge in [-0.2, -0.15) is 0 Å². The van der Waals surface area contributed by atoms with Gasteiger partial charge in [0.05, 0.1) is 0 Å². The Morgan fingerprint density at radius 2 is 0.725 bits per heavy atom. The third kappa shape index (κ3) is 8.49. The van der Waals surface area contributed by atoms with Gasteiger partial charge in [0.2, 0.25) is 0 Å². The average Bonchev–Trinajstić information content (AvgIpc) is 2.98. The Hall–Kier alpha value is -3.52. The second kappa shape index (κ2) is 15.3. The lowest BCUT2D eigenvalue weighted by atomic mass is 9.87. The van der Waals surface area contributed by atoms with E-state index in [9.17, 15) is 0 Å². The summed E-state index contributed by atoms with van der Waals surface area (Å²) in [5.74, 6) is 0.896. The van der Waals surface area contributed by atoms with E-state index in [1.54, 1.807) is 0 Å². The summed E-state index contributed by atoms with van der Waals surface area (Å²) < 4.78 is 0. The first-order valence-corrected chi connectivity index (χ1v) is 15.5. The molecule has 0 fully saturated rings. The summed E-state index contributed by atoms with van der Waals surface area (Å²) in [4.78, 5) is 0. The van der Waals surface area contributed by atoms with E-state index in [2.05, 4.69) is 86.6 Å². The Morgan fingerprint density at radius 3 is 1.02 bits per heavy atom. The van der Waals surface area contributed by atoms with E-state index in [4.69, 9.17) is 11.5 Å². The fraction of sp³-hybridized carbons (Fsp3) is 0.368. The smallest absolute Gasteiger partial charge is 0.0314 e. The fourth-order valence-electron chi connectivity index (χ4n) is 5.93. The summed E-state index contributed by atoms with van der Waals surface area (Å²) in [6.07, 6.45) is 12.1. The Morgan fingerprint density at radius 1 is 0.425 bits per heavy atom. The van der Waals surface area contributed by atoms with Crippen molar-refractivity contribution in [2.24, 2.45) is 0 Å². The van der Waals surface area contributed by atoms with Gasteiger partial charge in [-0.05, 0) is 96.2 Å². The van der Waals surface area contributed by atoms with Crippen LogP contribution in [0, 0.1) is 0 Å². The standard InChI is InChI=1S/C38H48N2/c1-3-9-37(33-21-25-35(39)26-22-33)31-17-13-29(14-18-31)11-7-5-6-8-12-30-15-19-32(20-16-30)38(10-4-2)34-23-27-36(40)28-24-34/h13-28,37-38H,3-12,39-40H2,1-2H3. The lowest BCUT2D eigenvalue weighted by Gasteiger charge is -2.18. The van der Waals surface area contributed by atoms with Crippen LogP contribution in [0.1, 0.15) is 110 Å². The van der Waals surface area contributed by atoms with Crippen molar-refractivity contribution in [1.29, 1.82) is 0 Å². The number of hydrogen-bond acceptors (Lipinski definition) is 2. The van der Waals surface area contributed by atoms with E-state index in [-0.39, 0.29) is 0 Å². The van der Waals surface area contributed by atoms with Crippen molar-refractivity contribution in [3.05, 3.63) is 130 Å². The van der Waals surface area contributed by atoms with Crippen molar-refractivity contribution in [2.45, 2.75) is 89.9 Å². The number of hydrogen-bond donors (Lipinski definition) is 2. The van der Waals surface area contributed by atoms with E-state index in [0.717, 1.165) is 24.2 Å². The maximum Gasteiger partial charge on any atom is 0.0314 e. The van der Waals surface area contributed by atoms with E-state index in [1.165, 1.54) is 84.7 Å². The Labute approximate surface area is 242 Å². The van der Waals surface area contributed by atoms with Gasteiger partial charge in [-0.25, -0.2) is 0 Å². The van der Waals surface area contributed by atoms with Crippen molar-refractivity contribution in [1.82, 2.24) is 0 Å². The number of nitrogens with two attached hydrogens (primary N) is 2. The summed E-state index contributed by atoms with van der Waals surface area (Å²) in [6.45, 7) is 4.53. The minimum absolute atomic E-state index is 0.448. The number of nitrogen functional groups attached to an aromatic ring is 2. The highest BCUT2D eigenvalue weighted by Crippen LogP contribution is 2.31. The molecule has 4 N–H and O–H groups in total. The molecule has 4 rings (SSSR count). The number of aryl methyl sites for hydroxylation is 2. The zero-order chi connectivity index (χ0) is 28.2. The molecule has 0 aliphatic heterocycles. The zero-order valence-corrected chi connectivity index (χ0v) is 24.6. The molecule has 0 aromatic heterocycles. The van der Waals surface area contributed by atoms with Gasteiger partial charge in [-0.3, -0.25) is 0 Å². The van der Waals surface area contributed by atoms with Crippen LogP contribution in [0.2, 0.25) is 0 Å². The Bertz CT molecular complexity index is 1150. The molecule has 210 valence electrons. The monoisotopic (exact) mass is 532 g/mol. The minimum atomic E-state index is 0.448. The van der Waals surface area contributed by atoms with Crippen LogP contribution < -0.4 is 11.5 Å². The maximum absolute atomic E-state index is 5.91. The van der Waals surface area contributed by atoms with Crippen LogP contribution in [-0.4, -0.2) is 0 Å². The van der Waals surface area contributed by atoms with E-state index in [0.29, 0.717) is 11.8 Å². The number of unbranched alkanes of at least 4 members (excludes halogenated alkanes) is 3. The molecule has 0 aliphatic carbocycles. The van der Waals surface area contributed by atoms with Gasteiger partial charge < -0.3 is 11.5 Å². The molecule has 2 nitrogen and oxygen atoms in total. The SMILES string of the molecule is CCCC(c1ccc(N)cc1)c1ccc(CCCCCCc2ccc(C(CCC)c3ccc(N)cc3)cc2)cc1. The molecule has 0 amide bonds. The van der Waals surface area contributed by atoms with Crippen molar-refractivity contribution < 1.29 is 0 Å². The minimum Gasteiger partial charge on any atom is -0.399 e. The molecule has 0 radical (unpaired) electrons. The van der Waals surface area contributed by atoms with Crippen molar-refractivity contribution >= 4 is 11.4 Å². The van der Waals surface area contributed by atoms with Gasteiger partial charge in [-0.15, -0.1) is 0 Å². The molecule has 4 aromatic rings. The van der Waals surface area contributed by atoms with E-state index >= 15 is 0 Å². The Balaban J connectivity index is 1.20. The molecule has 4 aromatic carbocycles. The van der Waals surface area contributed by atoms with Gasteiger partial charge in [-0.1, -0.05) is 112 Å². The Kier molecular flexibility index (Phi) is 11.3. The van der Waals surface area contributed by atoms with Crippen LogP contribution in [0.4, 0.5) is 11.4 Å². The van der Waals surface area contributed by atoms with E-state index in [1.807, 2.05) is 24.3 Å². The molecule has 0 bridgehead atoms. The average molecular weight is 533 g/mol. The lowest BCUT2D eigenvalue weighted by molar-refractivity contribution is 0.639. The van der Waals surface area contributed by atoms with Gasteiger partial charge in [0.25, 0.3) is 0 Å². The molecule has 0 heterocycles. The van der Waals surface area contributed by atoms with Gasteiger partial charge in [0, 0.05) is 23.2 Å². The van der Waals surface area contributed by atoms with Crippen LogP contribution in [0.15, 0.2) is 97.1 Å². The van der Waals surface area contributed by atoms with Crippen LogP contribution >= 0.6 is 0 Å². The first-order valence-electron chi connectivity index (χ1n) is 15.5. The molecule has 2 heteroatoms. The van der Waals surface area contributed by atoms with Crippen molar-refractivity contribution in [3.63, 3.8) is 0 Å². The number of rotatable bonds is 15. The third-order valence-electron chi connectivity index (χ3n) is 8.28. The van der Waals surface area contributed by atoms with Crippen LogP contribution in [0.25, 0.3) is 0 Å². The number of anilines is 2. The summed E-state index contributed by atoms with van der Waals surface area (Å²) >= 11 is 0. The molecule has 40 heavy (non-hydrogen) atoms.